The summed E-state index contributed by atoms with van der Waals surface area (Å²) < 4.78 is 5.04. The van der Waals surface area contributed by atoms with Crippen LogP contribution in [-0.4, -0.2) is 25.0 Å². The average molecular weight is 264 g/mol. The van der Waals surface area contributed by atoms with Gasteiger partial charge in [0, 0.05) is 24.4 Å². The van der Waals surface area contributed by atoms with Crippen molar-refractivity contribution in [2.45, 2.75) is 27.2 Å². The Hall–Kier alpha value is -1.88. The minimum atomic E-state index is -0.205. The summed E-state index contributed by atoms with van der Waals surface area (Å²) in [5.41, 5.74) is 2.28. The van der Waals surface area contributed by atoms with Gasteiger partial charge in [-0.15, -0.1) is 0 Å². The normalized spacial score (nSPS) is 10.1. The van der Waals surface area contributed by atoms with Gasteiger partial charge < -0.3 is 15.4 Å². The molecule has 1 rings (SSSR count). The second-order valence-corrected chi connectivity index (χ2v) is 4.12. The van der Waals surface area contributed by atoms with Gasteiger partial charge in [-0.1, -0.05) is 13.0 Å². The van der Waals surface area contributed by atoms with Crippen LogP contribution in [0.5, 0.6) is 0 Å². The first-order valence-electron chi connectivity index (χ1n) is 6.34. The molecule has 0 aliphatic heterocycles. The van der Waals surface area contributed by atoms with Crippen LogP contribution < -0.4 is 10.6 Å². The molecule has 2 amide bonds. The molecule has 104 valence electrons. The van der Waals surface area contributed by atoms with Crippen LogP contribution in [0.15, 0.2) is 18.2 Å². The number of hydrogen-bond donors (Lipinski definition) is 2. The lowest BCUT2D eigenvalue weighted by Crippen LogP contribution is -2.19. The molecular formula is C14H20N2O3. The smallest absolute Gasteiger partial charge is 0.250 e. The molecule has 0 heterocycles. The van der Waals surface area contributed by atoms with Crippen LogP contribution in [-0.2, 0) is 14.3 Å². The molecule has 0 saturated heterocycles. The van der Waals surface area contributed by atoms with Gasteiger partial charge in [-0.25, -0.2) is 0 Å². The molecule has 0 radical (unpaired) electrons. The predicted molar refractivity (Wildman–Crippen MR) is 75.2 cm³/mol. The molecule has 1 aromatic carbocycles. The average Bonchev–Trinajstić information content (AvgIpc) is 2.40. The highest BCUT2D eigenvalue weighted by molar-refractivity contribution is 5.95. The highest BCUT2D eigenvalue weighted by atomic mass is 16.5. The first kappa shape index (κ1) is 15.2. The molecule has 0 saturated carbocycles. The summed E-state index contributed by atoms with van der Waals surface area (Å²) >= 11 is 0. The molecule has 5 heteroatoms. The van der Waals surface area contributed by atoms with Gasteiger partial charge in [-0.2, -0.15) is 0 Å². The third-order valence-electron chi connectivity index (χ3n) is 2.55. The molecule has 0 atom stereocenters. The van der Waals surface area contributed by atoms with Crippen molar-refractivity contribution in [1.82, 2.24) is 0 Å². The fourth-order valence-electron chi connectivity index (χ4n) is 1.46. The lowest BCUT2D eigenvalue weighted by molar-refractivity contribution is -0.120. The van der Waals surface area contributed by atoms with Gasteiger partial charge in [-0.05, 0) is 31.5 Å². The zero-order valence-corrected chi connectivity index (χ0v) is 11.6. The van der Waals surface area contributed by atoms with Gasteiger partial charge in [0.15, 0.2) is 0 Å². The van der Waals surface area contributed by atoms with E-state index in [1.165, 1.54) is 0 Å². The zero-order chi connectivity index (χ0) is 14.3. The highest BCUT2D eigenvalue weighted by Crippen LogP contribution is 2.20. The molecule has 0 aromatic heterocycles. The number of ether oxygens (including phenoxy) is 1. The van der Waals surface area contributed by atoms with Gasteiger partial charge in [-0.3, -0.25) is 9.59 Å². The van der Waals surface area contributed by atoms with E-state index in [2.05, 4.69) is 10.6 Å². The van der Waals surface area contributed by atoms with Crippen molar-refractivity contribution in [3.05, 3.63) is 23.8 Å². The summed E-state index contributed by atoms with van der Waals surface area (Å²) in [5, 5.41) is 5.52. The summed E-state index contributed by atoms with van der Waals surface area (Å²) in [7, 11) is 0. The quantitative estimate of drug-likeness (QED) is 0.828. The number of benzene rings is 1. The van der Waals surface area contributed by atoms with E-state index < -0.39 is 0 Å². The molecule has 1 aromatic rings. The van der Waals surface area contributed by atoms with E-state index in [-0.39, 0.29) is 18.4 Å². The monoisotopic (exact) mass is 264 g/mol. The van der Waals surface area contributed by atoms with Crippen LogP contribution in [0.4, 0.5) is 11.4 Å². The Kier molecular flexibility index (Phi) is 6.02. The second-order valence-electron chi connectivity index (χ2n) is 4.12. The molecule has 19 heavy (non-hydrogen) atoms. The Morgan fingerprint density at radius 2 is 1.89 bits per heavy atom. The van der Waals surface area contributed by atoms with Gasteiger partial charge in [0.1, 0.15) is 6.61 Å². The van der Waals surface area contributed by atoms with E-state index in [9.17, 15) is 9.59 Å². The van der Waals surface area contributed by atoms with Crippen LogP contribution >= 0.6 is 0 Å². The van der Waals surface area contributed by atoms with Crippen molar-refractivity contribution in [3.8, 4) is 0 Å². The Labute approximate surface area is 113 Å². The number of anilines is 2. The van der Waals surface area contributed by atoms with Crippen LogP contribution in [0.25, 0.3) is 0 Å². The van der Waals surface area contributed by atoms with E-state index in [1.54, 1.807) is 19.1 Å². The lowest BCUT2D eigenvalue weighted by Gasteiger charge is -2.11. The largest absolute Gasteiger partial charge is 0.372 e. The summed E-state index contributed by atoms with van der Waals surface area (Å²) in [6, 6.07) is 5.40. The first-order valence-corrected chi connectivity index (χ1v) is 6.34. The molecular weight excluding hydrogens is 244 g/mol. The maximum atomic E-state index is 11.6. The van der Waals surface area contributed by atoms with Crippen molar-refractivity contribution >= 4 is 23.2 Å². The molecule has 0 aliphatic rings. The van der Waals surface area contributed by atoms with Gasteiger partial charge in [0.2, 0.25) is 11.8 Å². The van der Waals surface area contributed by atoms with Crippen LogP contribution in [0.1, 0.15) is 25.8 Å². The number of rotatable bonds is 6. The summed E-state index contributed by atoms with van der Waals surface area (Å²) in [6.07, 6.45) is 0.417. The van der Waals surface area contributed by atoms with Crippen molar-refractivity contribution in [2.24, 2.45) is 0 Å². The number of aryl methyl sites for hydroxylation is 1. The topological polar surface area (TPSA) is 67.4 Å². The number of amides is 2. The predicted octanol–water partition coefficient (Wildman–Crippen LogP) is 2.32. The van der Waals surface area contributed by atoms with Gasteiger partial charge >= 0.3 is 0 Å². The summed E-state index contributed by atoms with van der Waals surface area (Å²) in [4.78, 5) is 22.9. The third kappa shape index (κ3) is 5.09. The van der Waals surface area contributed by atoms with Crippen LogP contribution in [0.3, 0.4) is 0 Å². The molecule has 5 nitrogen and oxygen atoms in total. The minimum Gasteiger partial charge on any atom is -0.372 e. The zero-order valence-electron chi connectivity index (χ0n) is 11.6. The van der Waals surface area contributed by atoms with Crippen molar-refractivity contribution in [3.63, 3.8) is 0 Å². The van der Waals surface area contributed by atoms with E-state index in [0.717, 1.165) is 5.56 Å². The number of carbonyl (C=O) groups excluding carboxylic acids is 2. The molecule has 0 bridgehead atoms. The first-order chi connectivity index (χ1) is 9.06. The molecule has 0 fully saturated rings. The lowest BCUT2D eigenvalue weighted by atomic mass is 10.1. The molecule has 0 aliphatic carbocycles. The van der Waals surface area contributed by atoms with Crippen LogP contribution in [0.2, 0.25) is 0 Å². The van der Waals surface area contributed by atoms with Gasteiger partial charge in [0.05, 0.1) is 0 Å². The Bertz CT molecular complexity index is 458. The summed E-state index contributed by atoms with van der Waals surface area (Å²) in [6.45, 7) is 6.04. The van der Waals surface area contributed by atoms with Crippen molar-refractivity contribution < 1.29 is 14.3 Å². The highest BCUT2D eigenvalue weighted by Gasteiger charge is 2.07. The molecule has 0 unspecified atom stereocenters. The van der Waals surface area contributed by atoms with E-state index >= 15 is 0 Å². The van der Waals surface area contributed by atoms with E-state index in [4.69, 9.17) is 4.74 Å². The van der Waals surface area contributed by atoms with E-state index in [1.807, 2.05) is 19.9 Å². The SMILES string of the molecule is CCOCC(=O)Nc1cc(NC(=O)CC)ccc1C. The minimum absolute atomic E-state index is 0.0293. The Morgan fingerprint density at radius 1 is 1.16 bits per heavy atom. The fraction of sp³-hybridized carbons (Fsp3) is 0.429. The van der Waals surface area contributed by atoms with Gasteiger partial charge in [0.25, 0.3) is 0 Å². The number of nitrogens with one attached hydrogen (secondary N) is 2. The fourth-order valence-corrected chi connectivity index (χ4v) is 1.46. The number of carbonyl (C=O) groups is 2. The van der Waals surface area contributed by atoms with Crippen molar-refractivity contribution in [2.75, 3.05) is 23.8 Å². The van der Waals surface area contributed by atoms with E-state index in [0.29, 0.717) is 24.4 Å². The third-order valence-corrected chi connectivity index (χ3v) is 2.55. The Morgan fingerprint density at radius 3 is 2.53 bits per heavy atom. The van der Waals surface area contributed by atoms with Crippen LogP contribution in [0, 0.1) is 6.92 Å². The molecule has 2 N–H and O–H groups in total. The van der Waals surface area contributed by atoms with Crippen molar-refractivity contribution in [1.29, 1.82) is 0 Å². The summed E-state index contributed by atoms with van der Waals surface area (Å²) in [5.74, 6) is -0.264. The maximum absolute atomic E-state index is 11.6. The maximum Gasteiger partial charge on any atom is 0.250 e. The second kappa shape index (κ2) is 7.53. The standard InChI is InChI=1S/C14H20N2O3/c1-4-13(17)15-11-7-6-10(3)12(8-11)16-14(18)9-19-5-2/h6-8H,4-5,9H2,1-3H3,(H,15,17)(H,16,18). The molecule has 0 spiro atoms. The Balaban J connectivity index is 2.74. The number of hydrogen-bond acceptors (Lipinski definition) is 3.